The molecule has 0 aliphatic heterocycles. The van der Waals surface area contributed by atoms with E-state index in [2.05, 4.69) is 27.7 Å². The molecular weight excluding hydrogens is 357 g/mol. The SMILES string of the molecule is CCCC[N+](CCCC)(CCCC)CCCC.O=C(O)c1ccc(F)cc1[O-]. The normalized spacial score (nSPS) is 11.0. The fourth-order valence-corrected chi connectivity index (χ4v) is 3.32. The van der Waals surface area contributed by atoms with Crippen LogP contribution in [0.1, 0.15) is 89.4 Å². The fourth-order valence-electron chi connectivity index (χ4n) is 3.32. The van der Waals surface area contributed by atoms with Gasteiger partial charge in [0.2, 0.25) is 0 Å². The lowest BCUT2D eigenvalue weighted by Crippen LogP contribution is -2.50. The molecule has 5 heteroatoms. The maximum atomic E-state index is 12.2. The maximum absolute atomic E-state index is 12.2. The number of hydrogen-bond donors (Lipinski definition) is 1. The van der Waals surface area contributed by atoms with E-state index in [4.69, 9.17) is 5.11 Å². The second-order valence-electron chi connectivity index (χ2n) is 7.60. The van der Waals surface area contributed by atoms with Gasteiger partial charge in [0, 0.05) is 0 Å². The van der Waals surface area contributed by atoms with Crippen molar-refractivity contribution < 1.29 is 23.9 Å². The zero-order valence-electron chi connectivity index (χ0n) is 18.3. The van der Waals surface area contributed by atoms with Crippen molar-refractivity contribution in [1.29, 1.82) is 0 Å². The molecule has 0 spiro atoms. The molecule has 0 aromatic heterocycles. The van der Waals surface area contributed by atoms with Crippen LogP contribution in [0.2, 0.25) is 0 Å². The first-order chi connectivity index (χ1) is 13.4. The second kappa shape index (κ2) is 15.3. The standard InChI is InChI=1S/C16H36N.C7H5FO3/c1-5-9-13-17(14-10-6-2,15-11-7-3)16-12-8-4;8-4-1-2-5(7(10)11)6(9)3-4/h5-16H2,1-4H3;1-3,9H,(H,10,11)/q+1;/p-1. The molecule has 1 N–H and O–H groups in total. The largest absolute Gasteiger partial charge is 0.872 e. The Morgan fingerprint density at radius 3 is 1.57 bits per heavy atom. The van der Waals surface area contributed by atoms with E-state index in [1.165, 1.54) is 82.0 Å². The van der Waals surface area contributed by atoms with Gasteiger partial charge in [-0.1, -0.05) is 59.1 Å². The Balaban J connectivity index is 0.000000567. The molecule has 0 bridgehead atoms. The van der Waals surface area contributed by atoms with Crippen molar-refractivity contribution in [2.45, 2.75) is 79.1 Å². The highest BCUT2D eigenvalue weighted by atomic mass is 19.1. The first-order valence-corrected chi connectivity index (χ1v) is 10.9. The van der Waals surface area contributed by atoms with E-state index in [0.717, 1.165) is 12.1 Å². The van der Waals surface area contributed by atoms with Gasteiger partial charge in [0.05, 0.1) is 31.7 Å². The Hall–Kier alpha value is -1.62. The molecule has 0 aliphatic carbocycles. The molecule has 0 aliphatic rings. The Kier molecular flexibility index (Phi) is 14.4. The van der Waals surface area contributed by atoms with E-state index in [0.29, 0.717) is 6.07 Å². The molecule has 0 fully saturated rings. The van der Waals surface area contributed by atoms with Crippen LogP contribution in [0.3, 0.4) is 0 Å². The number of carboxylic acids is 1. The molecule has 0 amide bonds. The van der Waals surface area contributed by atoms with Crippen molar-refractivity contribution in [1.82, 2.24) is 0 Å². The summed E-state index contributed by atoms with van der Waals surface area (Å²) in [5.74, 6) is -2.87. The van der Waals surface area contributed by atoms with Crippen LogP contribution in [0.15, 0.2) is 18.2 Å². The van der Waals surface area contributed by atoms with E-state index in [1.54, 1.807) is 0 Å². The predicted molar refractivity (Wildman–Crippen MR) is 112 cm³/mol. The van der Waals surface area contributed by atoms with Crippen molar-refractivity contribution in [2.24, 2.45) is 0 Å². The molecule has 162 valence electrons. The van der Waals surface area contributed by atoms with Gasteiger partial charge in [-0.25, -0.2) is 9.18 Å². The Labute approximate surface area is 171 Å². The fraction of sp³-hybridized carbons (Fsp3) is 0.696. The van der Waals surface area contributed by atoms with Gasteiger partial charge in [-0.3, -0.25) is 0 Å². The van der Waals surface area contributed by atoms with Gasteiger partial charge in [0.25, 0.3) is 0 Å². The summed E-state index contributed by atoms with van der Waals surface area (Å²) >= 11 is 0. The van der Waals surface area contributed by atoms with Crippen molar-refractivity contribution in [3.05, 3.63) is 29.6 Å². The Morgan fingerprint density at radius 2 is 1.29 bits per heavy atom. The van der Waals surface area contributed by atoms with Crippen LogP contribution in [0, 0.1) is 5.82 Å². The second-order valence-corrected chi connectivity index (χ2v) is 7.60. The third kappa shape index (κ3) is 10.6. The molecular formula is C23H40FNO3. The molecule has 1 rings (SSSR count). The number of rotatable bonds is 13. The number of halogens is 1. The van der Waals surface area contributed by atoms with Gasteiger partial charge in [-0.05, 0) is 43.9 Å². The number of benzene rings is 1. The number of nitrogens with zero attached hydrogens (tertiary/aromatic N) is 1. The van der Waals surface area contributed by atoms with Crippen LogP contribution >= 0.6 is 0 Å². The van der Waals surface area contributed by atoms with Gasteiger partial charge in [0.15, 0.2) is 0 Å². The average Bonchev–Trinajstić information content (AvgIpc) is 2.67. The van der Waals surface area contributed by atoms with Gasteiger partial charge in [-0.15, -0.1) is 0 Å². The molecule has 0 unspecified atom stereocenters. The number of aromatic carboxylic acids is 1. The van der Waals surface area contributed by atoms with Gasteiger partial charge in [0.1, 0.15) is 5.82 Å². The molecule has 0 atom stereocenters. The van der Waals surface area contributed by atoms with Crippen LogP contribution in [-0.2, 0) is 0 Å². The quantitative estimate of drug-likeness (QED) is 0.441. The summed E-state index contributed by atoms with van der Waals surface area (Å²) in [7, 11) is 0. The predicted octanol–water partition coefficient (Wildman–Crippen LogP) is 5.60. The van der Waals surface area contributed by atoms with Crippen LogP contribution in [0.25, 0.3) is 0 Å². The molecule has 0 heterocycles. The van der Waals surface area contributed by atoms with Crippen LogP contribution in [0.4, 0.5) is 4.39 Å². The summed E-state index contributed by atoms with van der Waals surface area (Å²) < 4.78 is 13.6. The Bertz CT molecular complexity index is 511. The number of carboxylic acid groups (broad SMARTS) is 1. The van der Waals surface area contributed by atoms with Crippen LogP contribution in [0.5, 0.6) is 5.75 Å². The van der Waals surface area contributed by atoms with Crippen molar-refractivity contribution >= 4 is 5.97 Å². The molecule has 4 nitrogen and oxygen atoms in total. The van der Waals surface area contributed by atoms with Crippen molar-refractivity contribution in [2.75, 3.05) is 26.2 Å². The highest BCUT2D eigenvalue weighted by Gasteiger charge is 2.24. The van der Waals surface area contributed by atoms with E-state index in [9.17, 15) is 14.3 Å². The van der Waals surface area contributed by atoms with Crippen molar-refractivity contribution in [3.63, 3.8) is 0 Å². The Morgan fingerprint density at radius 1 is 0.893 bits per heavy atom. The minimum absolute atomic E-state index is 0.411. The van der Waals surface area contributed by atoms with Crippen molar-refractivity contribution in [3.8, 4) is 5.75 Å². The van der Waals surface area contributed by atoms with Gasteiger partial charge >= 0.3 is 5.97 Å². The highest BCUT2D eigenvalue weighted by molar-refractivity contribution is 5.90. The van der Waals surface area contributed by atoms with E-state index >= 15 is 0 Å². The molecule has 1 aromatic rings. The molecule has 0 saturated heterocycles. The molecule has 1 aromatic carbocycles. The lowest BCUT2D eigenvalue weighted by molar-refractivity contribution is -0.929. The van der Waals surface area contributed by atoms with Crippen LogP contribution < -0.4 is 5.11 Å². The minimum atomic E-state index is -1.34. The maximum Gasteiger partial charge on any atom is 0.335 e. The number of hydrogen-bond acceptors (Lipinski definition) is 2. The van der Waals surface area contributed by atoms with E-state index < -0.39 is 23.1 Å². The molecule has 0 radical (unpaired) electrons. The number of carbonyl (C=O) groups is 1. The number of quaternary nitrogens is 1. The molecule has 0 saturated carbocycles. The third-order valence-corrected chi connectivity index (χ3v) is 5.12. The summed E-state index contributed by atoms with van der Waals surface area (Å²) in [6.07, 6.45) is 11.1. The average molecular weight is 398 g/mol. The topological polar surface area (TPSA) is 60.4 Å². The van der Waals surface area contributed by atoms with Gasteiger partial charge < -0.3 is 14.7 Å². The summed E-state index contributed by atoms with van der Waals surface area (Å²) in [5.41, 5.74) is -0.411. The first kappa shape index (κ1) is 26.4. The van der Waals surface area contributed by atoms with E-state index in [-0.39, 0.29) is 0 Å². The highest BCUT2D eigenvalue weighted by Crippen LogP contribution is 2.16. The van der Waals surface area contributed by atoms with Gasteiger partial charge in [-0.2, -0.15) is 0 Å². The smallest absolute Gasteiger partial charge is 0.335 e. The van der Waals surface area contributed by atoms with Crippen LogP contribution in [-0.4, -0.2) is 41.7 Å². The lowest BCUT2D eigenvalue weighted by Gasteiger charge is -2.39. The first-order valence-electron chi connectivity index (χ1n) is 10.9. The zero-order valence-corrected chi connectivity index (χ0v) is 18.3. The zero-order chi connectivity index (χ0) is 21.4. The van der Waals surface area contributed by atoms with E-state index in [1.807, 2.05) is 0 Å². The summed E-state index contributed by atoms with van der Waals surface area (Å²) in [4.78, 5) is 10.2. The summed E-state index contributed by atoms with van der Waals surface area (Å²) in [6, 6.07) is 2.52. The number of unbranched alkanes of at least 4 members (excludes halogenated alkanes) is 4. The monoisotopic (exact) mass is 397 g/mol. The summed E-state index contributed by atoms with van der Waals surface area (Å²) in [5, 5.41) is 19.0. The summed E-state index contributed by atoms with van der Waals surface area (Å²) in [6.45, 7) is 15.0. The third-order valence-electron chi connectivity index (χ3n) is 5.12. The lowest BCUT2D eigenvalue weighted by atomic mass is 10.1. The minimum Gasteiger partial charge on any atom is -0.872 e. The molecule has 28 heavy (non-hydrogen) atoms.